The molecule has 0 aliphatic rings. The van der Waals surface area contributed by atoms with Crippen LogP contribution < -0.4 is 0 Å². The summed E-state index contributed by atoms with van der Waals surface area (Å²) in [5.74, 6) is -2.07. The zero-order valence-electron chi connectivity index (χ0n) is 20.3. The Morgan fingerprint density at radius 2 is 0.946 bits per heavy atom. The highest BCUT2D eigenvalue weighted by atomic mass is 32.2. The monoisotopic (exact) mass is 517 g/mol. The van der Waals surface area contributed by atoms with Gasteiger partial charge < -0.3 is 14.5 Å². The van der Waals surface area contributed by atoms with Gasteiger partial charge in [0, 0.05) is 41.7 Å². The lowest BCUT2D eigenvalue weighted by Gasteiger charge is -2.12. The van der Waals surface area contributed by atoms with Crippen molar-refractivity contribution >= 4 is 46.8 Å². The Labute approximate surface area is 217 Å². The third-order valence-corrected chi connectivity index (χ3v) is 5.41. The van der Waals surface area contributed by atoms with Crippen molar-refractivity contribution in [1.29, 1.82) is 0 Å². The maximum atomic E-state index is 11.6. The Hall–Kier alpha value is -4.57. The number of nitrogens with zero attached hydrogens (tertiary/aromatic N) is 3. The predicted octanol–water partition coefficient (Wildman–Crippen LogP) is 4.99. The summed E-state index contributed by atoms with van der Waals surface area (Å²) in [6.45, 7) is 3.55. The van der Waals surface area contributed by atoms with Gasteiger partial charge in [-0.3, -0.25) is 0 Å². The molecule has 0 N–H and O–H groups in total. The SMILES string of the molecule is CC(=O)O/N=C(C(=N/OC(C)=O)/c1ccccc1)\C(=N\OC(C)=O)c1ccc(Sc2ccccc2)cc1. The lowest BCUT2D eigenvalue weighted by Crippen LogP contribution is -2.28. The van der Waals surface area contributed by atoms with Gasteiger partial charge in [-0.1, -0.05) is 87.9 Å². The number of hydrogen-bond acceptors (Lipinski definition) is 10. The number of carbonyl (C=O) groups excluding carboxylic acids is 3. The quantitative estimate of drug-likeness (QED) is 0.223. The number of carbonyl (C=O) groups is 3. The molecule has 0 saturated heterocycles. The molecule has 0 fully saturated rings. The molecule has 10 heteroatoms. The average molecular weight is 518 g/mol. The molecule has 0 aliphatic heterocycles. The first-order valence-corrected chi connectivity index (χ1v) is 11.8. The molecule has 37 heavy (non-hydrogen) atoms. The largest absolute Gasteiger partial charge is 0.332 e. The van der Waals surface area contributed by atoms with Crippen LogP contribution in [0.15, 0.2) is 110 Å². The van der Waals surface area contributed by atoms with E-state index in [0.717, 1.165) is 9.79 Å². The molecule has 0 heterocycles. The van der Waals surface area contributed by atoms with Gasteiger partial charge in [0.05, 0.1) is 0 Å². The standard InChI is InChI=1S/C27H23N3O6S/c1-18(31)34-28-25(21-10-6-4-7-11-21)27(30-36-20(3)33)26(29-35-19(2)32)22-14-16-24(17-15-22)37-23-12-8-5-9-13-23/h4-17H,1-3H3/b28-25+,29-26+,30-27-. The molecular weight excluding hydrogens is 494 g/mol. The van der Waals surface area contributed by atoms with E-state index in [-0.39, 0.29) is 17.1 Å². The average Bonchev–Trinajstić information content (AvgIpc) is 2.88. The summed E-state index contributed by atoms with van der Waals surface area (Å²) >= 11 is 1.56. The van der Waals surface area contributed by atoms with E-state index < -0.39 is 17.9 Å². The molecular formula is C27H23N3O6S. The highest BCUT2D eigenvalue weighted by molar-refractivity contribution is 7.99. The summed E-state index contributed by atoms with van der Waals surface area (Å²) < 4.78 is 0. The van der Waals surface area contributed by atoms with Crippen LogP contribution in [0.4, 0.5) is 0 Å². The second kappa shape index (κ2) is 13.5. The van der Waals surface area contributed by atoms with E-state index in [0.29, 0.717) is 11.1 Å². The zero-order chi connectivity index (χ0) is 26.6. The second-order valence-electron chi connectivity index (χ2n) is 7.37. The summed E-state index contributed by atoms with van der Waals surface area (Å²) in [5, 5.41) is 11.9. The van der Waals surface area contributed by atoms with Crippen LogP contribution in [-0.4, -0.2) is 35.0 Å². The molecule has 3 rings (SSSR count). The smallest absolute Gasteiger partial charge is 0.318 e. The molecule has 0 radical (unpaired) electrons. The fraction of sp³-hybridized carbons (Fsp3) is 0.111. The normalized spacial score (nSPS) is 12.0. The van der Waals surface area contributed by atoms with Crippen LogP contribution in [0.1, 0.15) is 31.9 Å². The van der Waals surface area contributed by atoms with Crippen molar-refractivity contribution < 1.29 is 28.9 Å². The van der Waals surface area contributed by atoms with Gasteiger partial charge in [-0.05, 0) is 24.3 Å². The van der Waals surface area contributed by atoms with Crippen molar-refractivity contribution in [2.45, 2.75) is 30.6 Å². The molecule has 0 aliphatic carbocycles. The van der Waals surface area contributed by atoms with Crippen molar-refractivity contribution in [1.82, 2.24) is 0 Å². The van der Waals surface area contributed by atoms with Crippen LogP contribution in [0.3, 0.4) is 0 Å². The third kappa shape index (κ3) is 8.55. The second-order valence-corrected chi connectivity index (χ2v) is 8.52. The van der Waals surface area contributed by atoms with Gasteiger partial charge in [0.15, 0.2) is 5.71 Å². The summed E-state index contributed by atoms with van der Waals surface area (Å²) in [6.07, 6.45) is 0. The van der Waals surface area contributed by atoms with E-state index in [1.54, 1.807) is 54.2 Å². The molecule has 0 amide bonds. The van der Waals surface area contributed by atoms with Gasteiger partial charge in [-0.25, -0.2) is 14.4 Å². The van der Waals surface area contributed by atoms with E-state index >= 15 is 0 Å². The zero-order valence-corrected chi connectivity index (χ0v) is 21.1. The fourth-order valence-corrected chi connectivity index (χ4v) is 3.73. The van der Waals surface area contributed by atoms with Crippen molar-refractivity contribution in [2.24, 2.45) is 15.5 Å². The molecule has 0 unspecified atom stereocenters. The molecule has 0 spiro atoms. The van der Waals surface area contributed by atoms with E-state index in [4.69, 9.17) is 14.5 Å². The Morgan fingerprint density at radius 1 is 0.541 bits per heavy atom. The summed E-state index contributed by atoms with van der Waals surface area (Å²) in [4.78, 5) is 51.6. The van der Waals surface area contributed by atoms with E-state index in [9.17, 15) is 14.4 Å². The molecule has 3 aromatic rings. The van der Waals surface area contributed by atoms with Gasteiger partial charge in [-0.2, -0.15) is 0 Å². The Morgan fingerprint density at radius 3 is 1.43 bits per heavy atom. The van der Waals surface area contributed by atoms with E-state index in [1.165, 1.54) is 20.8 Å². The number of benzene rings is 3. The van der Waals surface area contributed by atoms with Crippen LogP contribution in [0, 0.1) is 0 Å². The Kier molecular flexibility index (Phi) is 9.86. The molecule has 0 bridgehead atoms. The van der Waals surface area contributed by atoms with Crippen LogP contribution in [-0.2, 0) is 28.9 Å². The number of hydrogen-bond donors (Lipinski definition) is 0. The minimum absolute atomic E-state index is 0.0162. The fourth-order valence-electron chi connectivity index (χ4n) is 2.90. The van der Waals surface area contributed by atoms with Crippen molar-refractivity contribution in [3.63, 3.8) is 0 Å². The topological polar surface area (TPSA) is 116 Å². The first-order chi connectivity index (χ1) is 17.8. The molecule has 9 nitrogen and oxygen atoms in total. The van der Waals surface area contributed by atoms with Gasteiger partial charge in [0.1, 0.15) is 11.4 Å². The van der Waals surface area contributed by atoms with Gasteiger partial charge in [0.2, 0.25) is 0 Å². The van der Waals surface area contributed by atoms with Crippen molar-refractivity contribution in [3.05, 3.63) is 96.1 Å². The third-order valence-electron chi connectivity index (χ3n) is 4.40. The van der Waals surface area contributed by atoms with Crippen LogP contribution in [0.5, 0.6) is 0 Å². The molecule has 3 aromatic carbocycles. The van der Waals surface area contributed by atoms with Gasteiger partial charge in [0.25, 0.3) is 0 Å². The minimum atomic E-state index is -0.709. The molecule has 0 aromatic heterocycles. The first kappa shape index (κ1) is 27.0. The highest BCUT2D eigenvalue weighted by Crippen LogP contribution is 2.27. The maximum Gasteiger partial charge on any atom is 0.332 e. The van der Waals surface area contributed by atoms with Crippen molar-refractivity contribution in [2.75, 3.05) is 0 Å². The van der Waals surface area contributed by atoms with E-state index in [2.05, 4.69) is 15.5 Å². The van der Waals surface area contributed by atoms with Crippen molar-refractivity contribution in [3.8, 4) is 0 Å². The van der Waals surface area contributed by atoms with Crippen LogP contribution >= 0.6 is 11.8 Å². The number of rotatable bonds is 9. The molecule has 188 valence electrons. The summed E-state index contributed by atoms with van der Waals surface area (Å²) in [7, 11) is 0. The number of oxime groups is 3. The molecule has 0 atom stereocenters. The Balaban J connectivity index is 2.12. The Bertz CT molecular complexity index is 1340. The van der Waals surface area contributed by atoms with Crippen LogP contribution in [0.25, 0.3) is 0 Å². The maximum absolute atomic E-state index is 11.6. The van der Waals surface area contributed by atoms with Crippen LogP contribution in [0.2, 0.25) is 0 Å². The summed E-state index contributed by atoms with van der Waals surface area (Å²) in [6, 6.07) is 25.7. The lowest BCUT2D eigenvalue weighted by atomic mass is 9.98. The molecule has 0 saturated carbocycles. The highest BCUT2D eigenvalue weighted by Gasteiger charge is 2.24. The van der Waals surface area contributed by atoms with E-state index in [1.807, 2.05) is 42.5 Å². The summed E-state index contributed by atoms with van der Waals surface area (Å²) in [5.41, 5.74) is 0.873. The van der Waals surface area contributed by atoms with Gasteiger partial charge in [-0.15, -0.1) is 0 Å². The lowest BCUT2D eigenvalue weighted by molar-refractivity contribution is -0.142. The van der Waals surface area contributed by atoms with Gasteiger partial charge >= 0.3 is 17.9 Å². The first-order valence-electron chi connectivity index (χ1n) is 11.0. The minimum Gasteiger partial charge on any atom is -0.318 e. The predicted molar refractivity (Wildman–Crippen MR) is 139 cm³/mol.